The fourth-order valence-electron chi connectivity index (χ4n) is 6.18. The molecular formula is C32H33F4N5O5S. The summed E-state index contributed by atoms with van der Waals surface area (Å²) >= 11 is 0. The monoisotopic (exact) mass is 675 g/mol. The van der Waals surface area contributed by atoms with E-state index in [0.29, 0.717) is 41.6 Å². The Labute approximate surface area is 268 Å². The molecular weight excluding hydrogens is 642 g/mol. The van der Waals surface area contributed by atoms with Gasteiger partial charge < -0.3 is 19.9 Å². The van der Waals surface area contributed by atoms with Crippen LogP contribution in [-0.2, 0) is 32.8 Å². The Morgan fingerprint density at radius 2 is 1.68 bits per heavy atom. The number of aliphatic carboxylic acids is 1. The molecule has 2 N–H and O–H groups in total. The molecule has 1 aliphatic carbocycles. The second-order valence-corrected chi connectivity index (χ2v) is 13.7. The molecule has 15 heteroatoms. The molecule has 1 amide bonds. The van der Waals surface area contributed by atoms with Crippen molar-refractivity contribution in [2.45, 2.75) is 36.3 Å². The number of nitrogens with one attached hydrogen (secondary N) is 1. The van der Waals surface area contributed by atoms with Gasteiger partial charge in [-0.3, -0.25) is 13.9 Å². The molecule has 3 aromatic carbocycles. The van der Waals surface area contributed by atoms with Gasteiger partial charge in [-0.2, -0.15) is 13.2 Å². The average Bonchev–Trinajstić information content (AvgIpc) is 3.36. The number of aryl methyl sites for hydroxylation is 1. The molecule has 0 bridgehead atoms. The van der Waals surface area contributed by atoms with Crippen LogP contribution in [0.3, 0.4) is 0 Å². The number of nitrogens with zero attached hydrogens (tertiary/aromatic N) is 4. The number of benzene rings is 3. The molecule has 0 spiro atoms. The molecule has 0 aliphatic heterocycles. The highest BCUT2D eigenvalue weighted by Gasteiger charge is 2.43. The van der Waals surface area contributed by atoms with Gasteiger partial charge in [0.05, 0.1) is 44.7 Å². The predicted molar refractivity (Wildman–Crippen MR) is 168 cm³/mol. The van der Waals surface area contributed by atoms with E-state index in [2.05, 4.69) is 10.3 Å². The van der Waals surface area contributed by atoms with E-state index in [0.717, 1.165) is 15.9 Å². The minimum Gasteiger partial charge on any atom is -0.481 e. The summed E-state index contributed by atoms with van der Waals surface area (Å²) in [4.78, 5) is 32.0. The van der Waals surface area contributed by atoms with Crippen LogP contribution in [0.25, 0.3) is 11.0 Å². The van der Waals surface area contributed by atoms with Gasteiger partial charge >= 0.3 is 12.1 Å². The summed E-state index contributed by atoms with van der Waals surface area (Å²) in [7, 11) is 2.90. The van der Waals surface area contributed by atoms with Gasteiger partial charge in [0.15, 0.2) is 0 Å². The number of anilines is 3. The van der Waals surface area contributed by atoms with E-state index in [1.807, 2.05) is 30.6 Å². The van der Waals surface area contributed by atoms with Gasteiger partial charge in [-0.25, -0.2) is 17.8 Å². The lowest BCUT2D eigenvalue weighted by atomic mass is 9.69. The van der Waals surface area contributed by atoms with Gasteiger partial charge in [0.1, 0.15) is 5.82 Å². The summed E-state index contributed by atoms with van der Waals surface area (Å²) in [5, 5.41) is 12.4. The number of amides is 1. The molecule has 0 unspecified atom stereocenters. The number of imidazole rings is 1. The minimum atomic E-state index is -4.77. The number of carbonyl (C=O) groups is 2. The van der Waals surface area contributed by atoms with Gasteiger partial charge in [-0.1, -0.05) is 18.6 Å². The number of carboxylic acids is 1. The fourth-order valence-corrected chi connectivity index (χ4v) is 7.40. The smallest absolute Gasteiger partial charge is 0.416 e. The second-order valence-electron chi connectivity index (χ2n) is 11.8. The van der Waals surface area contributed by atoms with Crippen LogP contribution in [0.4, 0.5) is 34.9 Å². The van der Waals surface area contributed by atoms with Gasteiger partial charge in [0.2, 0.25) is 11.9 Å². The van der Waals surface area contributed by atoms with E-state index >= 15 is 0 Å². The Morgan fingerprint density at radius 1 is 1.00 bits per heavy atom. The number of hydrogen-bond donors (Lipinski definition) is 2. The van der Waals surface area contributed by atoms with Crippen LogP contribution in [0.2, 0.25) is 0 Å². The Morgan fingerprint density at radius 3 is 2.28 bits per heavy atom. The summed E-state index contributed by atoms with van der Waals surface area (Å²) in [5.74, 6) is -5.65. The topological polar surface area (TPSA) is 125 Å². The van der Waals surface area contributed by atoms with Crippen molar-refractivity contribution in [3.63, 3.8) is 0 Å². The molecule has 1 heterocycles. The number of sulfonamides is 1. The van der Waals surface area contributed by atoms with Gasteiger partial charge in [0.25, 0.3) is 10.0 Å². The highest BCUT2D eigenvalue weighted by Crippen LogP contribution is 2.43. The molecule has 3 atom stereocenters. The zero-order valence-electron chi connectivity index (χ0n) is 25.9. The summed E-state index contributed by atoms with van der Waals surface area (Å²) in [6, 6.07) is 12.7. The Bertz CT molecular complexity index is 1940. The number of hydrogen-bond acceptors (Lipinski definition) is 6. The normalized spacial score (nSPS) is 18.6. The number of carboxylic acid groups (broad SMARTS) is 1. The largest absolute Gasteiger partial charge is 0.481 e. The maximum Gasteiger partial charge on any atom is 0.416 e. The van der Waals surface area contributed by atoms with E-state index in [1.165, 1.54) is 19.2 Å². The third-order valence-electron chi connectivity index (χ3n) is 8.65. The molecule has 1 fully saturated rings. The zero-order valence-corrected chi connectivity index (χ0v) is 26.7. The third kappa shape index (κ3) is 6.48. The molecule has 250 valence electrons. The maximum atomic E-state index is 14.4. The van der Waals surface area contributed by atoms with Crippen molar-refractivity contribution in [2.75, 3.05) is 35.7 Å². The van der Waals surface area contributed by atoms with Crippen LogP contribution >= 0.6 is 0 Å². The molecule has 0 radical (unpaired) electrons. The lowest BCUT2D eigenvalue weighted by Crippen LogP contribution is -2.40. The summed E-state index contributed by atoms with van der Waals surface area (Å²) in [5.41, 5.74) is 0.455. The quantitative estimate of drug-likeness (QED) is 0.225. The predicted octanol–water partition coefficient (Wildman–Crippen LogP) is 5.85. The number of halogens is 4. The van der Waals surface area contributed by atoms with Crippen molar-refractivity contribution in [1.29, 1.82) is 0 Å². The molecule has 4 aromatic rings. The Balaban J connectivity index is 1.36. The standard InChI is InChI=1S/C32H33F4N5O5S/c1-39(2)31-38-26-17-21(13-15-27(26)40(31)3)47(45,46)41(4)20-11-8-18(9-12-20)22-6-5-7-23(28(22)30(43)44)29(42)37-25-14-10-19(16-24(25)33)32(34,35)36/h8-17,22-23,28H,5-7H2,1-4H3,(H,37,42)(H,43,44)/t22-,23-,28-/m1/s1. The Kier molecular flexibility index (Phi) is 8.97. The van der Waals surface area contributed by atoms with Crippen molar-refractivity contribution in [3.8, 4) is 0 Å². The average molecular weight is 676 g/mol. The summed E-state index contributed by atoms with van der Waals surface area (Å²) in [6.07, 6.45) is -3.71. The number of alkyl halides is 3. The first-order chi connectivity index (χ1) is 22.0. The van der Waals surface area contributed by atoms with Gasteiger partial charge in [-0.05, 0) is 72.9 Å². The summed E-state index contributed by atoms with van der Waals surface area (Å²) in [6.45, 7) is 0. The SMILES string of the molecule is CN(C)c1nc2cc(S(=O)(=O)N(C)c3ccc([C@H]4CCC[C@@H](C(=O)Nc5ccc(C(F)(F)F)cc5F)[C@@H]4C(=O)O)cc3)ccc2n1C. The third-order valence-corrected chi connectivity index (χ3v) is 10.4. The van der Waals surface area contributed by atoms with Crippen molar-refractivity contribution >= 4 is 50.3 Å². The Hall–Kier alpha value is -4.66. The lowest BCUT2D eigenvalue weighted by molar-refractivity contribution is -0.148. The fraction of sp³-hybridized carbons (Fsp3) is 0.344. The van der Waals surface area contributed by atoms with Gasteiger partial charge in [0, 0.05) is 28.2 Å². The molecule has 47 heavy (non-hydrogen) atoms. The van der Waals surface area contributed by atoms with Crippen molar-refractivity contribution in [2.24, 2.45) is 18.9 Å². The highest BCUT2D eigenvalue weighted by molar-refractivity contribution is 7.92. The van der Waals surface area contributed by atoms with Crippen molar-refractivity contribution < 1.29 is 40.7 Å². The van der Waals surface area contributed by atoms with Crippen LogP contribution in [0.15, 0.2) is 65.6 Å². The van der Waals surface area contributed by atoms with Crippen molar-refractivity contribution in [3.05, 3.63) is 77.6 Å². The highest BCUT2D eigenvalue weighted by atomic mass is 32.2. The summed E-state index contributed by atoms with van der Waals surface area (Å²) < 4.78 is 83.3. The number of aromatic nitrogens is 2. The van der Waals surface area contributed by atoms with E-state index in [1.54, 1.807) is 30.3 Å². The number of rotatable bonds is 8. The van der Waals surface area contributed by atoms with E-state index in [4.69, 9.17) is 0 Å². The number of fused-ring (bicyclic) bond motifs is 1. The maximum absolute atomic E-state index is 14.4. The molecule has 1 saturated carbocycles. The molecule has 1 aromatic heterocycles. The van der Waals surface area contributed by atoms with E-state index < -0.39 is 62.9 Å². The lowest BCUT2D eigenvalue weighted by Gasteiger charge is -2.35. The van der Waals surface area contributed by atoms with E-state index in [9.17, 15) is 40.7 Å². The van der Waals surface area contributed by atoms with Gasteiger partial charge in [-0.15, -0.1) is 0 Å². The van der Waals surface area contributed by atoms with Crippen molar-refractivity contribution in [1.82, 2.24) is 9.55 Å². The van der Waals surface area contributed by atoms with Crippen LogP contribution < -0.4 is 14.5 Å². The zero-order chi connectivity index (χ0) is 34.4. The van der Waals surface area contributed by atoms with E-state index in [-0.39, 0.29) is 17.4 Å². The van der Waals surface area contributed by atoms with Crippen LogP contribution in [0.1, 0.15) is 36.3 Å². The first-order valence-electron chi connectivity index (χ1n) is 14.6. The second kappa shape index (κ2) is 12.5. The van der Waals surface area contributed by atoms with Crippen LogP contribution in [-0.4, -0.2) is 56.1 Å². The molecule has 1 aliphatic rings. The van der Waals surface area contributed by atoms with Crippen LogP contribution in [0, 0.1) is 17.7 Å². The minimum absolute atomic E-state index is 0.0385. The molecule has 5 rings (SSSR count). The van der Waals surface area contributed by atoms with Crippen LogP contribution in [0.5, 0.6) is 0 Å². The first kappa shape index (κ1) is 33.7. The molecule has 10 nitrogen and oxygen atoms in total. The first-order valence-corrected chi connectivity index (χ1v) is 16.1. The number of carbonyl (C=O) groups excluding carboxylic acids is 1. The molecule has 0 saturated heterocycles.